The van der Waals surface area contributed by atoms with Crippen LogP contribution in [-0.2, 0) is 6.61 Å². The van der Waals surface area contributed by atoms with Crippen LogP contribution < -0.4 is 10.5 Å². The van der Waals surface area contributed by atoms with E-state index in [4.69, 9.17) is 10.5 Å². The van der Waals surface area contributed by atoms with E-state index >= 15 is 0 Å². The van der Waals surface area contributed by atoms with E-state index in [0.717, 1.165) is 32.6 Å². The summed E-state index contributed by atoms with van der Waals surface area (Å²) in [4.78, 5) is 0. The third-order valence-electron chi connectivity index (χ3n) is 2.85. The highest BCUT2D eigenvalue weighted by atomic mass is 79.9. The number of nitrogens with two attached hydrogens (primary N) is 1. The van der Waals surface area contributed by atoms with Gasteiger partial charge in [0.1, 0.15) is 12.4 Å². The first kappa shape index (κ1) is 13.0. The Balaban J connectivity index is 2.14. The summed E-state index contributed by atoms with van der Waals surface area (Å²) in [5, 5.41) is 0. The summed E-state index contributed by atoms with van der Waals surface area (Å²) in [6.07, 6.45) is 0. The van der Waals surface area contributed by atoms with Crippen molar-refractivity contribution < 1.29 is 4.74 Å². The molecule has 0 saturated carbocycles. The normalized spacial score (nSPS) is 10.4. The predicted octanol–water partition coefficient (Wildman–Crippen LogP) is 4.23. The van der Waals surface area contributed by atoms with Crippen molar-refractivity contribution in [3.8, 4) is 5.75 Å². The molecule has 2 nitrogen and oxygen atoms in total. The van der Waals surface area contributed by atoms with Crippen molar-refractivity contribution in [1.82, 2.24) is 0 Å². The Morgan fingerprint density at radius 3 is 2.39 bits per heavy atom. The third kappa shape index (κ3) is 2.85. The average molecular weight is 306 g/mol. The summed E-state index contributed by atoms with van der Waals surface area (Å²) in [6.45, 7) is 4.64. The number of anilines is 1. The minimum Gasteiger partial charge on any atom is -0.488 e. The van der Waals surface area contributed by atoms with Crippen LogP contribution in [0.25, 0.3) is 0 Å². The number of halogens is 1. The van der Waals surface area contributed by atoms with Gasteiger partial charge in [0.2, 0.25) is 0 Å². The zero-order valence-corrected chi connectivity index (χ0v) is 12.1. The van der Waals surface area contributed by atoms with Gasteiger partial charge in [0.05, 0.1) is 0 Å². The maximum absolute atomic E-state index is 5.88. The van der Waals surface area contributed by atoms with Crippen LogP contribution in [-0.4, -0.2) is 0 Å². The molecule has 0 aliphatic heterocycles. The number of rotatable bonds is 3. The van der Waals surface area contributed by atoms with Crippen molar-refractivity contribution in [2.45, 2.75) is 20.5 Å². The number of nitrogen functional groups attached to an aromatic ring is 1. The van der Waals surface area contributed by atoms with Gasteiger partial charge >= 0.3 is 0 Å². The van der Waals surface area contributed by atoms with Crippen LogP contribution in [0.3, 0.4) is 0 Å². The van der Waals surface area contributed by atoms with E-state index in [1.54, 1.807) is 0 Å². The molecular weight excluding hydrogens is 290 g/mol. The highest BCUT2D eigenvalue weighted by molar-refractivity contribution is 9.10. The molecule has 0 atom stereocenters. The van der Waals surface area contributed by atoms with E-state index < -0.39 is 0 Å². The number of hydrogen-bond acceptors (Lipinski definition) is 2. The maximum Gasteiger partial charge on any atom is 0.125 e. The third-order valence-corrected chi connectivity index (χ3v) is 3.57. The fraction of sp³-hybridized carbons (Fsp3) is 0.200. The fourth-order valence-electron chi connectivity index (χ4n) is 1.87. The molecule has 0 heterocycles. The van der Waals surface area contributed by atoms with E-state index in [9.17, 15) is 0 Å². The second kappa shape index (κ2) is 5.44. The number of aryl methyl sites for hydroxylation is 2. The quantitative estimate of drug-likeness (QED) is 0.861. The van der Waals surface area contributed by atoms with Crippen LogP contribution in [0, 0.1) is 13.8 Å². The molecule has 0 bridgehead atoms. The molecule has 0 radical (unpaired) electrons. The van der Waals surface area contributed by atoms with Gasteiger partial charge in [0, 0.05) is 10.2 Å². The van der Waals surface area contributed by atoms with Crippen molar-refractivity contribution in [2.24, 2.45) is 0 Å². The lowest BCUT2D eigenvalue weighted by atomic mass is 10.1. The SMILES string of the molecule is Cc1cccc(C)c1OCc1ccc(Br)c(N)c1. The number of para-hydroxylation sites is 1. The molecule has 2 N–H and O–H groups in total. The van der Waals surface area contributed by atoms with Crippen LogP contribution in [0.1, 0.15) is 16.7 Å². The Hall–Kier alpha value is -1.48. The monoisotopic (exact) mass is 305 g/mol. The first-order valence-corrected chi connectivity index (χ1v) is 6.60. The molecule has 0 amide bonds. The Morgan fingerprint density at radius 1 is 1.11 bits per heavy atom. The van der Waals surface area contributed by atoms with Gasteiger partial charge in [-0.2, -0.15) is 0 Å². The Bertz CT molecular complexity index is 546. The van der Waals surface area contributed by atoms with Gasteiger partial charge in [-0.05, 0) is 58.6 Å². The molecule has 0 unspecified atom stereocenters. The van der Waals surface area contributed by atoms with Crippen molar-refractivity contribution >= 4 is 21.6 Å². The van der Waals surface area contributed by atoms with E-state index in [2.05, 4.69) is 41.9 Å². The van der Waals surface area contributed by atoms with Gasteiger partial charge in [-0.15, -0.1) is 0 Å². The minimum atomic E-state index is 0.531. The smallest absolute Gasteiger partial charge is 0.125 e. The van der Waals surface area contributed by atoms with Crippen LogP contribution in [0.15, 0.2) is 40.9 Å². The fourth-order valence-corrected chi connectivity index (χ4v) is 2.11. The van der Waals surface area contributed by atoms with E-state index in [1.807, 2.05) is 24.3 Å². The molecule has 0 spiro atoms. The topological polar surface area (TPSA) is 35.2 Å². The molecule has 0 aromatic heterocycles. The first-order valence-electron chi connectivity index (χ1n) is 5.81. The van der Waals surface area contributed by atoms with Crippen molar-refractivity contribution in [1.29, 1.82) is 0 Å². The molecule has 0 aliphatic rings. The standard InChI is InChI=1S/C15H16BrNO/c1-10-4-3-5-11(2)15(10)18-9-12-6-7-13(16)14(17)8-12/h3-8H,9,17H2,1-2H3. The zero-order chi connectivity index (χ0) is 13.1. The molecule has 0 aliphatic carbocycles. The van der Waals surface area contributed by atoms with Gasteiger partial charge in [-0.3, -0.25) is 0 Å². The summed E-state index contributed by atoms with van der Waals surface area (Å²) >= 11 is 3.38. The summed E-state index contributed by atoms with van der Waals surface area (Å²) in [6, 6.07) is 12.0. The van der Waals surface area contributed by atoms with Crippen molar-refractivity contribution in [3.05, 3.63) is 57.6 Å². The lowest BCUT2D eigenvalue weighted by Crippen LogP contribution is -2.00. The van der Waals surface area contributed by atoms with Crippen LogP contribution in [0.5, 0.6) is 5.75 Å². The summed E-state index contributed by atoms with van der Waals surface area (Å²) in [7, 11) is 0. The summed E-state index contributed by atoms with van der Waals surface area (Å²) < 4.78 is 6.79. The van der Waals surface area contributed by atoms with Gasteiger partial charge in [0.15, 0.2) is 0 Å². The van der Waals surface area contributed by atoms with Gasteiger partial charge < -0.3 is 10.5 Å². The average Bonchev–Trinajstić information content (AvgIpc) is 2.33. The molecular formula is C15H16BrNO. The minimum absolute atomic E-state index is 0.531. The molecule has 2 aromatic rings. The maximum atomic E-state index is 5.88. The van der Waals surface area contributed by atoms with Gasteiger partial charge in [-0.1, -0.05) is 24.3 Å². The molecule has 3 heteroatoms. The van der Waals surface area contributed by atoms with Crippen LogP contribution >= 0.6 is 15.9 Å². The second-order valence-electron chi connectivity index (χ2n) is 4.37. The molecule has 18 heavy (non-hydrogen) atoms. The van der Waals surface area contributed by atoms with Crippen molar-refractivity contribution in [3.63, 3.8) is 0 Å². The lowest BCUT2D eigenvalue weighted by molar-refractivity contribution is 0.302. The van der Waals surface area contributed by atoms with Crippen LogP contribution in [0.4, 0.5) is 5.69 Å². The molecule has 0 fully saturated rings. The van der Waals surface area contributed by atoms with E-state index in [1.165, 1.54) is 0 Å². The number of hydrogen-bond donors (Lipinski definition) is 1. The number of benzene rings is 2. The van der Waals surface area contributed by atoms with Gasteiger partial charge in [0.25, 0.3) is 0 Å². The summed E-state index contributed by atoms with van der Waals surface area (Å²) in [5.41, 5.74) is 9.95. The first-order chi connectivity index (χ1) is 8.58. The van der Waals surface area contributed by atoms with E-state index in [-0.39, 0.29) is 0 Å². The van der Waals surface area contributed by atoms with Crippen LogP contribution in [0.2, 0.25) is 0 Å². The number of ether oxygens (including phenoxy) is 1. The molecule has 2 aromatic carbocycles. The lowest BCUT2D eigenvalue weighted by Gasteiger charge is -2.12. The summed E-state index contributed by atoms with van der Waals surface area (Å²) in [5.74, 6) is 0.957. The predicted molar refractivity (Wildman–Crippen MR) is 78.8 cm³/mol. The molecule has 0 saturated heterocycles. The van der Waals surface area contributed by atoms with Crippen molar-refractivity contribution in [2.75, 3.05) is 5.73 Å². The second-order valence-corrected chi connectivity index (χ2v) is 5.22. The highest BCUT2D eigenvalue weighted by Gasteiger charge is 2.04. The highest BCUT2D eigenvalue weighted by Crippen LogP contribution is 2.25. The largest absolute Gasteiger partial charge is 0.488 e. The Morgan fingerprint density at radius 2 is 1.78 bits per heavy atom. The van der Waals surface area contributed by atoms with E-state index in [0.29, 0.717) is 6.61 Å². The molecule has 94 valence electrons. The Labute approximate surface area is 116 Å². The van der Waals surface area contributed by atoms with Gasteiger partial charge in [-0.25, -0.2) is 0 Å². The Kier molecular flexibility index (Phi) is 3.92. The zero-order valence-electron chi connectivity index (χ0n) is 10.5. The molecule has 2 rings (SSSR count).